The molecule has 0 atom stereocenters. The molecule has 0 saturated carbocycles. The second-order valence-corrected chi connectivity index (χ2v) is 11.7. The van der Waals surface area contributed by atoms with Crippen LogP contribution in [0.3, 0.4) is 0 Å². The van der Waals surface area contributed by atoms with Gasteiger partial charge in [-0.25, -0.2) is 0 Å². The van der Waals surface area contributed by atoms with Crippen LogP contribution in [0.5, 0.6) is 5.75 Å². The number of aromatic nitrogens is 1. The molecule has 1 aromatic heterocycles. The lowest BCUT2D eigenvalue weighted by molar-refractivity contribution is -0.138. The Balaban J connectivity index is 1.26. The summed E-state index contributed by atoms with van der Waals surface area (Å²) >= 11 is 0. The Morgan fingerprint density at radius 2 is 1.78 bits per heavy atom. The van der Waals surface area contributed by atoms with Gasteiger partial charge in [-0.05, 0) is 75.6 Å². The number of aryl methyl sites for hydroxylation is 1. The van der Waals surface area contributed by atoms with E-state index >= 15 is 0 Å². The number of fused-ring (bicyclic) bond motifs is 1. The quantitative estimate of drug-likeness (QED) is 0.213. The number of carbonyl (C=O) groups excluding carboxylic acids is 3. The minimum atomic E-state index is -4.60. The van der Waals surface area contributed by atoms with E-state index in [0.717, 1.165) is 17.3 Å². The van der Waals surface area contributed by atoms with E-state index in [1.54, 1.807) is 44.1 Å². The van der Waals surface area contributed by atoms with Crippen LogP contribution < -0.4 is 19.9 Å². The molecule has 12 heteroatoms. The molecule has 1 N–H and O–H groups in total. The van der Waals surface area contributed by atoms with E-state index < -0.39 is 23.1 Å². The van der Waals surface area contributed by atoms with E-state index in [4.69, 9.17) is 4.74 Å². The molecular weight excluding hydrogens is 599 g/mol. The first-order valence-corrected chi connectivity index (χ1v) is 15.2. The van der Waals surface area contributed by atoms with E-state index in [2.05, 4.69) is 10.3 Å². The van der Waals surface area contributed by atoms with Crippen LogP contribution in [0.4, 0.5) is 24.5 Å². The lowest BCUT2D eigenvalue weighted by atomic mass is 9.90. The molecule has 0 fully saturated rings. The normalized spacial score (nSPS) is 14.6. The highest BCUT2D eigenvalue weighted by Gasteiger charge is 2.45. The summed E-state index contributed by atoms with van der Waals surface area (Å²) in [5.41, 5.74) is 0.663. The number of benzene rings is 2. The van der Waals surface area contributed by atoms with E-state index in [9.17, 15) is 27.6 Å². The van der Waals surface area contributed by atoms with E-state index in [1.807, 2.05) is 25.1 Å². The molecule has 9 nitrogen and oxygen atoms in total. The zero-order valence-corrected chi connectivity index (χ0v) is 26.8. The van der Waals surface area contributed by atoms with Gasteiger partial charge < -0.3 is 24.8 Å². The summed E-state index contributed by atoms with van der Waals surface area (Å²) in [6.45, 7) is 7.15. The molecular formula is C34H40F3N5O4. The molecule has 0 unspecified atom stereocenters. The largest absolute Gasteiger partial charge is 0.494 e. The van der Waals surface area contributed by atoms with Gasteiger partial charge in [0.15, 0.2) is 0 Å². The fourth-order valence-corrected chi connectivity index (χ4v) is 5.39. The predicted octanol–water partition coefficient (Wildman–Crippen LogP) is 5.33. The molecule has 0 radical (unpaired) electrons. The highest BCUT2D eigenvalue weighted by Crippen LogP contribution is 2.40. The first kappa shape index (κ1) is 34.4. The number of hydrogen-bond donors (Lipinski definition) is 1. The number of hydrogen-bond acceptors (Lipinski definition) is 6. The Bertz CT molecular complexity index is 1580. The minimum absolute atomic E-state index is 0.234. The average Bonchev–Trinajstić information content (AvgIpc) is 3.08. The number of nitrogens with one attached hydrogen (secondary N) is 1. The molecule has 2 heterocycles. The van der Waals surface area contributed by atoms with Gasteiger partial charge in [-0.2, -0.15) is 13.2 Å². The number of ether oxygens (including phenoxy) is 1. The van der Waals surface area contributed by atoms with Crippen LogP contribution in [0.2, 0.25) is 0 Å². The van der Waals surface area contributed by atoms with E-state index in [1.165, 1.54) is 35.0 Å². The maximum Gasteiger partial charge on any atom is 0.417 e. The number of carbonyl (C=O) groups is 3. The van der Waals surface area contributed by atoms with E-state index in [-0.39, 0.29) is 23.9 Å². The van der Waals surface area contributed by atoms with Gasteiger partial charge in [0.25, 0.3) is 5.91 Å². The smallest absolute Gasteiger partial charge is 0.417 e. The molecule has 3 amide bonds. The summed E-state index contributed by atoms with van der Waals surface area (Å²) in [5.74, 6) is -0.605. The van der Waals surface area contributed by atoms with Crippen molar-refractivity contribution in [2.24, 2.45) is 5.41 Å². The third kappa shape index (κ3) is 7.67. The van der Waals surface area contributed by atoms with Gasteiger partial charge in [0.2, 0.25) is 11.8 Å². The SMILES string of the molecule is CCN1C(=O)C(C)(C)C(=O)N(C)c2cc(OCCCc3cc(CNCCN(C)C(=O)c4ccccc4C(F)(F)F)ccn3)ccc21. The highest BCUT2D eigenvalue weighted by atomic mass is 19.4. The van der Waals surface area contributed by atoms with Crippen LogP contribution in [-0.4, -0.2) is 67.9 Å². The maximum atomic E-state index is 13.3. The number of alkyl halides is 3. The lowest BCUT2D eigenvalue weighted by Crippen LogP contribution is -2.47. The molecule has 246 valence electrons. The number of halogens is 3. The average molecular weight is 640 g/mol. The first-order chi connectivity index (χ1) is 21.8. The van der Waals surface area contributed by atoms with Crippen LogP contribution in [0.15, 0.2) is 60.8 Å². The van der Waals surface area contributed by atoms with E-state index in [0.29, 0.717) is 56.2 Å². The van der Waals surface area contributed by atoms with Crippen molar-refractivity contribution in [1.82, 2.24) is 15.2 Å². The van der Waals surface area contributed by atoms with Crippen LogP contribution >= 0.6 is 0 Å². The first-order valence-electron chi connectivity index (χ1n) is 15.2. The second-order valence-electron chi connectivity index (χ2n) is 11.7. The monoisotopic (exact) mass is 639 g/mol. The van der Waals surface area contributed by atoms with Crippen molar-refractivity contribution in [3.8, 4) is 5.75 Å². The Morgan fingerprint density at radius 3 is 2.50 bits per heavy atom. The third-order valence-corrected chi connectivity index (χ3v) is 8.02. The fraction of sp³-hybridized carbons (Fsp3) is 0.412. The third-order valence-electron chi connectivity index (χ3n) is 8.02. The van der Waals surface area contributed by atoms with Crippen molar-refractivity contribution in [2.45, 2.75) is 46.3 Å². The van der Waals surface area contributed by atoms with Gasteiger partial charge in [0, 0.05) is 58.2 Å². The topological polar surface area (TPSA) is 95.1 Å². The maximum absolute atomic E-state index is 13.3. The van der Waals surface area contributed by atoms with Crippen LogP contribution in [0.25, 0.3) is 0 Å². The molecule has 0 bridgehead atoms. The number of likely N-dealkylation sites (N-methyl/N-ethyl adjacent to an activating group) is 1. The summed E-state index contributed by atoms with van der Waals surface area (Å²) in [4.78, 5) is 47.7. The summed E-state index contributed by atoms with van der Waals surface area (Å²) in [6.07, 6.45) is -1.53. The predicted molar refractivity (Wildman–Crippen MR) is 170 cm³/mol. The van der Waals surface area contributed by atoms with Crippen LogP contribution in [-0.2, 0) is 28.7 Å². The van der Waals surface area contributed by atoms with Crippen molar-refractivity contribution in [3.05, 3.63) is 83.2 Å². The molecule has 1 aliphatic heterocycles. The molecule has 3 aromatic rings. The second kappa shape index (κ2) is 14.3. The van der Waals surface area contributed by atoms with Crippen LogP contribution in [0, 0.1) is 5.41 Å². The van der Waals surface area contributed by atoms with Gasteiger partial charge in [-0.3, -0.25) is 19.4 Å². The van der Waals surface area contributed by atoms with Crippen molar-refractivity contribution in [3.63, 3.8) is 0 Å². The zero-order valence-electron chi connectivity index (χ0n) is 26.8. The lowest BCUT2D eigenvalue weighted by Gasteiger charge is -2.27. The van der Waals surface area contributed by atoms with Crippen molar-refractivity contribution in [1.29, 1.82) is 0 Å². The number of anilines is 2. The minimum Gasteiger partial charge on any atom is -0.494 e. The van der Waals surface area contributed by atoms with Gasteiger partial charge in [0.1, 0.15) is 11.2 Å². The summed E-state index contributed by atoms with van der Waals surface area (Å²) < 4.78 is 45.9. The molecule has 0 saturated heterocycles. The summed E-state index contributed by atoms with van der Waals surface area (Å²) in [6, 6.07) is 14.0. The Morgan fingerprint density at radius 1 is 1.04 bits per heavy atom. The standard InChI is InChI=1S/C34H40F3N5O4/c1-6-42-28-14-13-25(21-29(28)41(5)31(44)33(2,3)32(42)45)46-19-9-10-24-20-23(15-16-39-24)22-38-17-18-40(4)30(43)26-11-7-8-12-27(26)34(35,36)37/h7-8,11-16,20-21,38H,6,9-10,17-19,22H2,1-5H3. The Hall–Kier alpha value is -4.45. The molecule has 0 aliphatic carbocycles. The molecule has 4 rings (SSSR count). The number of nitrogens with zero attached hydrogens (tertiary/aromatic N) is 4. The molecule has 0 spiro atoms. The van der Waals surface area contributed by atoms with Gasteiger partial charge in [0.05, 0.1) is 29.1 Å². The van der Waals surface area contributed by atoms with Gasteiger partial charge in [-0.15, -0.1) is 0 Å². The highest BCUT2D eigenvalue weighted by molar-refractivity contribution is 6.20. The van der Waals surface area contributed by atoms with Gasteiger partial charge in [-0.1, -0.05) is 12.1 Å². The van der Waals surface area contributed by atoms with Crippen molar-refractivity contribution < 1.29 is 32.3 Å². The number of rotatable bonds is 12. The van der Waals surface area contributed by atoms with Crippen molar-refractivity contribution >= 4 is 29.1 Å². The Labute approximate surface area is 267 Å². The van der Waals surface area contributed by atoms with Gasteiger partial charge >= 0.3 is 6.18 Å². The number of amides is 3. The summed E-state index contributed by atoms with van der Waals surface area (Å²) in [5, 5.41) is 3.23. The van der Waals surface area contributed by atoms with Crippen molar-refractivity contribution in [2.75, 3.05) is 50.1 Å². The molecule has 46 heavy (non-hydrogen) atoms. The molecule has 2 aromatic carbocycles. The summed E-state index contributed by atoms with van der Waals surface area (Å²) in [7, 11) is 3.15. The zero-order chi connectivity index (χ0) is 33.6. The fourth-order valence-electron chi connectivity index (χ4n) is 5.39. The van der Waals surface area contributed by atoms with Crippen LogP contribution in [0.1, 0.15) is 54.4 Å². The molecule has 1 aliphatic rings. The Kier molecular flexibility index (Phi) is 10.7. The number of pyridine rings is 1.